The summed E-state index contributed by atoms with van der Waals surface area (Å²) in [5, 5.41) is 0. The van der Waals surface area contributed by atoms with Crippen molar-refractivity contribution in [1.29, 1.82) is 0 Å². The fourth-order valence-corrected chi connectivity index (χ4v) is 2.96. The smallest absolute Gasteiger partial charge is 0.123 e. The molecule has 1 saturated heterocycles. The zero-order valence-electron chi connectivity index (χ0n) is 12.8. The van der Waals surface area contributed by atoms with Gasteiger partial charge in [-0.2, -0.15) is 0 Å². The molecule has 0 aliphatic carbocycles. The molecular formula is C16H26N2O2. The molecule has 0 amide bonds. The highest BCUT2D eigenvalue weighted by Gasteiger charge is 2.30. The first kappa shape index (κ1) is 15.3. The Labute approximate surface area is 121 Å². The molecule has 1 atom stereocenters. The molecule has 1 aromatic rings. The maximum absolute atomic E-state index is 5.78. The first-order valence-electron chi connectivity index (χ1n) is 7.23. The van der Waals surface area contributed by atoms with E-state index in [0.717, 1.165) is 37.4 Å². The molecule has 1 fully saturated rings. The average Bonchev–Trinajstić information content (AvgIpc) is 2.47. The predicted molar refractivity (Wildman–Crippen MR) is 80.8 cm³/mol. The number of rotatable bonds is 5. The third-order valence-electron chi connectivity index (χ3n) is 4.20. The van der Waals surface area contributed by atoms with Crippen molar-refractivity contribution in [1.82, 2.24) is 4.90 Å². The lowest BCUT2D eigenvalue weighted by atomic mass is 9.94. The minimum Gasteiger partial charge on any atom is -0.496 e. The normalized spacial score (nSPS) is 23.8. The number of benzene rings is 1. The second-order valence-electron chi connectivity index (χ2n) is 5.82. The number of nitrogens with two attached hydrogens (primary N) is 1. The van der Waals surface area contributed by atoms with Crippen LogP contribution in [0.15, 0.2) is 18.2 Å². The van der Waals surface area contributed by atoms with Crippen molar-refractivity contribution in [2.45, 2.75) is 38.5 Å². The van der Waals surface area contributed by atoms with Gasteiger partial charge in [0, 0.05) is 32.3 Å². The molecule has 0 spiro atoms. The van der Waals surface area contributed by atoms with Crippen LogP contribution in [0.25, 0.3) is 0 Å². The molecule has 112 valence electrons. The lowest BCUT2D eigenvalue weighted by molar-refractivity contribution is -0.0527. The molecule has 1 aliphatic rings. The number of methoxy groups -OCH3 is 2. The van der Waals surface area contributed by atoms with E-state index in [9.17, 15) is 0 Å². The lowest BCUT2D eigenvalue weighted by Gasteiger charge is -2.39. The van der Waals surface area contributed by atoms with E-state index in [1.165, 1.54) is 12.0 Å². The molecule has 20 heavy (non-hydrogen) atoms. The Morgan fingerprint density at radius 1 is 1.35 bits per heavy atom. The van der Waals surface area contributed by atoms with Gasteiger partial charge < -0.3 is 15.2 Å². The van der Waals surface area contributed by atoms with Crippen LogP contribution in [-0.2, 0) is 17.8 Å². The summed E-state index contributed by atoms with van der Waals surface area (Å²) in [6.07, 6.45) is 2.32. The van der Waals surface area contributed by atoms with E-state index in [1.54, 1.807) is 7.11 Å². The number of hydrogen-bond acceptors (Lipinski definition) is 4. The van der Waals surface area contributed by atoms with E-state index in [0.29, 0.717) is 6.54 Å². The fourth-order valence-electron chi connectivity index (χ4n) is 2.96. The largest absolute Gasteiger partial charge is 0.496 e. The monoisotopic (exact) mass is 278 g/mol. The van der Waals surface area contributed by atoms with Crippen LogP contribution in [0.3, 0.4) is 0 Å². The van der Waals surface area contributed by atoms with Gasteiger partial charge in [0.05, 0.1) is 12.7 Å². The zero-order valence-corrected chi connectivity index (χ0v) is 12.8. The van der Waals surface area contributed by atoms with Gasteiger partial charge in [-0.1, -0.05) is 6.07 Å². The highest BCUT2D eigenvalue weighted by Crippen LogP contribution is 2.26. The van der Waals surface area contributed by atoms with Crippen molar-refractivity contribution in [2.24, 2.45) is 5.73 Å². The number of likely N-dealkylation sites (tertiary alicyclic amines) is 1. The van der Waals surface area contributed by atoms with Crippen LogP contribution in [0, 0.1) is 0 Å². The third kappa shape index (κ3) is 3.51. The molecular weight excluding hydrogens is 252 g/mol. The van der Waals surface area contributed by atoms with Crippen molar-refractivity contribution >= 4 is 0 Å². The van der Waals surface area contributed by atoms with Crippen LogP contribution in [-0.4, -0.2) is 37.8 Å². The minimum absolute atomic E-state index is 0.0125. The van der Waals surface area contributed by atoms with E-state index < -0.39 is 0 Å². The number of nitrogens with zero attached hydrogens (tertiary/aromatic N) is 1. The predicted octanol–water partition coefficient (Wildman–Crippen LogP) is 2.15. The Morgan fingerprint density at radius 3 is 2.80 bits per heavy atom. The van der Waals surface area contributed by atoms with Gasteiger partial charge in [-0.15, -0.1) is 0 Å². The Balaban J connectivity index is 2.06. The molecule has 0 radical (unpaired) electrons. The molecule has 1 unspecified atom stereocenters. The third-order valence-corrected chi connectivity index (χ3v) is 4.20. The summed E-state index contributed by atoms with van der Waals surface area (Å²) >= 11 is 0. The van der Waals surface area contributed by atoms with Crippen LogP contribution in [0.1, 0.15) is 30.9 Å². The summed E-state index contributed by atoms with van der Waals surface area (Å²) < 4.78 is 11.0. The summed E-state index contributed by atoms with van der Waals surface area (Å²) in [6, 6.07) is 6.28. The highest BCUT2D eigenvalue weighted by molar-refractivity contribution is 5.37. The van der Waals surface area contributed by atoms with Crippen molar-refractivity contribution in [3.05, 3.63) is 29.3 Å². The van der Waals surface area contributed by atoms with Crippen molar-refractivity contribution in [3.8, 4) is 5.75 Å². The van der Waals surface area contributed by atoms with Gasteiger partial charge >= 0.3 is 0 Å². The molecule has 4 heteroatoms. The van der Waals surface area contributed by atoms with Crippen LogP contribution >= 0.6 is 0 Å². The quantitative estimate of drug-likeness (QED) is 0.896. The number of piperidine rings is 1. The van der Waals surface area contributed by atoms with Gasteiger partial charge in [0.25, 0.3) is 0 Å². The molecule has 1 aromatic carbocycles. The Bertz CT molecular complexity index is 450. The first-order chi connectivity index (χ1) is 9.60. The molecule has 2 N–H and O–H groups in total. The van der Waals surface area contributed by atoms with E-state index in [4.69, 9.17) is 15.2 Å². The van der Waals surface area contributed by atoms with Gasteiger partial charge in [0.2, 0.25) is 0 Å². The van der Waals surface area contributed by atoms with Crippen molar-refractivity contribution in [2.75, 3.05) is 27.3 Å². The molecule has 1 heterocycles. The molecule has 4 nitrogen and oxygen atoms in total. The topological polar surface area (TPSA) is 47.7 Å². The molecule has 2 rings (SSSR count). The highest BCUT2D eigenvalue weighted by atomic mass is 16.5. The molecule has 0 bridgehead atoms. The van der Waals surface area contributed by atoms with E-state index in [-0.39, 0.29) is 5.60 Å². The maximum Gasteiger partial charge on any atom is 0.123 e. The van der Waals surface area contributed by atoms with Crippen LogP contribution in [0.4, 0.5) is 0 Å². The summed E-state index contributed by atoms with van der Waals surface area (Å²) in [7, 11) is 3.49. The Hall–Kier alpha value is -1.10. The van der Waals surface area contributed by atoms with Crippen LogP contribution in [0.5, 0.6) is 5.75 Å². The second-order valence-corrected chi connectivity index (χ2v) is 5.82. The van der Waals surface area contributed by atoms with Gasteiger partial charge in [0.15, 0.2) is 0 Å². The van der Waals surface area contributed by atoms with Gasteiger partial charge in [0.1, 0.15) is 5.75 Å². The number of hydrogen-bond donors (Lipinski definition) is 1. The Morgan fingerprint density at radius 2 is 2.15 bits per heavy atom. The van der Waals surface area contributed by atoms with Gasteiger partial charge in [-0.25, -0.2) is 0 Å². The van der Waals surface area contributed by atoms with Gasteiger partial charge in [-0.05, 0) is 44.0 Å². The average molecular weight is 278 g/mol. The van der Waals surface area contributed by atoms with Gasteiger partial charge in [-0.3, -0.25) is 4.90 Å². The van der Waals surface area contributed by atoms with E-state index >= 15 is 0 Å². The van der Waals surface area contributed by atoms with Crippen molar-refractivity contribution in [3.63, 3.8) is 0 Å². The van der Waals surface area contributed by atoms with E-state index in [2.05, 4.69) is 24.0 Å². The summed E-state index contributed by atoms with van der Waals surface area (Å²) in [5.41, 5.74) is 8.12. The summed E-state index contributed by atoms with van der Waals surface area (Å²) in [4.78, 5) is 2.45. The SMILES string of the molecule is COc1ccc(CN2CCCC(C)(OC)C2)cc1CN. The van der Waals surface area contributed by atoms with E-state index in [1.807, 2.05) is 13.2 Å². The molecule has 0 saturated carbocycles. The lowest BCUT2D eigenvalue weighted by Crippen LogP contribution is -2.46. The second kappa shape index (κ2) is 6.57. The molecule has 0 aromatic heterocycles. The number of ether oxygens (including phenoxy) is 2. The minimum atomic E-state index is -0.0125. The fraction of sp³-hybridized carbons (Fsp3) is 0.625. The summed E-state index contributed by atoms with van der Waals surface area (Å²) in [5.74, 6) is 0.872. The summed E-state index contributed by atoms with van der Waals surface area (Å²) in [6.45, 7) is 5.75. The standard InChI is InChI=1S/C16H26N2O2/c1-16(20-3)7-4-8-18(12-16)11-13-5-6-15(19-2)14(9-13)10-17/h5-6,9H,4,7-8,10-12,17H2,1-3H3. The molecule has 1 aliphatic heterocycles. The maximum atomic E-state index is 5.78. The van der Waals surface area contributed by atoms with Crippen LogP contribution < -0.4 is 10.5 Å². The Kier molecular flexibility index (Phi) is 5.02. The van der Waals surface area contributed by atoms with Crippen molar-refractivity contribution < 1.29 is 9.47 Å². The zero-order chi connectivity index (χ0) is 14.6. The first-order valence-corrected chi connectivity index (χ1v) is 7.23. The van der Waals surface area contributed by atoms with Crippen LogP contribution in [0.2, 0.25) is 0 Å².